The number of carbonyl (C=O) groups excluding carboxylic acids is 1. The zero-order valence-electron chi connectivity index (χ0n) is 15.9. The third kappa shape index (κ3) is 7.64. The Kier molecular flexibility index (Phi) is 9.82. The van der Waals surface area contributed by atoms with Gasteiger partial charge in [-0.2, -0.15) is 12.6 Å². The summed E-state index contributed by atoms with van der Waals surface area (Å²) in [6, 6.07) is 0. The van der Waals surface area contributed by atoms with Crippen LogP contribution in [0, 0.1) is 17.8 Å². The third-order valence-electron chi connectivity index (χ3n) is 5.82. The highest BCUT2D eigenvalue weighted by Crippen LogP contribution is 2.40. The first-order valence-corrected chi connectivity index (χ1v) is 10.9. The minimum absolute atomic E-state index is 0.164. The quantitative estimate of drug-likeness (QED) is 0.312. The lowest BCUT2D eigenvalue weighted by Gasteiger charge is -2.35. The van der Waals surface area contributed by atoms with Crippen LogP contribution in [0.15, 0.2) is 11.8 Å². The molecule has 144 valence electrons. The van der Waals surface area contributed by atoms with Gasteiger partial charge in [0.15, 0.2) is 0 Å². The number of hydrogen-bond acceptors (Lipinski definition) is 4. The van der Waals surface area contributed by atoms with Gasteiger partial charge in [0, 0.05) is 18.6 Å². The molecule has 2 aliphatic carbocycles. The maximum absolute atomic E-state index is 11.2. The van der Waals surface area contributed by atoms with Gasteiger partial charge in [-0.15, -0.1) is 0 Å². The van der Waals surface area contributed by atoms with Gasteiger partial charge in [-0.05, 0) is 49.5 Å². The van der Waals surface area contributed by atoms with Gasteiger partial charge in [0.25, 0.3) is 0 Å². The van der Waals surface area contributed by atoms with Gasteiger partial charge in [-0.3, -0.25) is 4.79 Å². The number of hydrogen-bond donors (Lipinski definition) is 1. The first-order chi connectivity index (χ1) is 12.2. The summed E-state index contributed by atoms with van der Waals surface area (Å²) in [5.41, 5.74) is 0. The number of carbonyl (C=O) groups is 1. The van der Waals surface area contributed by atoms with E-state index >= 15 is 0 Å². The zero-order valence-corrected chi connectivity index (χ0v) is 16.8. The van der Waals surface area contributed by atoms with Crippen molar-refractivity contribution >= 4 is 18.6 Å². The smallest absolute Gasteiger partial charge is 0.306 e. The first-order valence-electron chi connectivity index (χ1n) is 10.3. The average Bonchev–Trinajstić information content (AvgIpc) is 2.63. The van der Waals surface area contributed by atoms with E-state index in [1.165, 1.54) is 51.4 Å². The summed E-state index contributed by atoms with van der Waals surface area (Å²) in [4.78, 5) is 11.2. The Balaban J connectivity index is 1.57. The molecular formula is C21H36O3S. The average molecular weight is 369 g/mol. The lowest BCUT2D eigenvalue weighted by molar-refractivity contribution is -0.143. The van der Waals surface area contributed by atoms with Crippen molar-refractivity contribution in [1.82, 2.24) is 0 Å². The Morgan fingerprint density at radius 3 is 2.60 bits per heavy atom. The van der Waals surface area contributed by atoms with Gasteiger partial charge in [0.1, 0.15) is 0 Å². The van der Waals surface area contributed by atoms with Crippen LogP contribution in [0.5, 0.6) is 0 Å². The maximum Gasteiger partial charge on any atom is 0.306 e. The molecule has 1 saturated carbocycles. The van der Waals surface area contributed by atoms with Crippen molar-refractivity contribution in [3.05, 3.63) is 11.8 Å². The molecule has 4 heteroatoms. The van der Waals surface area contributed by atoms with E-state index in [0.717, 1.165) is 36.4 Å². The lowest BCUT2D eigenvalue weighted by atomic mass is 9.71. The van der Waals surface area contributed by atoms with E-state index in [1.807, 2.05) is 0 Å². The number of allylic oxidation sites excluding steroid dienone is 2. The predicted molar refractivity (Wildman–Crippen MR) is 106 cm³/mol. The van der Waals surface area contributed by atoms with Crippen molar-refractivity contribution in [3.63, 3.8) is 0 Å². The Labute approximate surface area is 159 Å². The SMILES string of the molecule is CCCC1CCC(C2CC=C(OCCCOC(=O)CCS)CC2)CC1. The summed E-state index contributed by atoms with van der Waals surface area (Å²) in [5, 5.41) is 0. The van der Waals surface area contributed by atoms with Gasteiger partial charge >= 0.3 is 5.97 Å². The topological polar surface area (TPSA) is 35.5 Å². The van der Waals surface area contributed by atoms with Crippen molar-refractivity contribution in [1.29, 1.82) is 0 Å². The van der Waals surface area contributed by atoms with Crippen molar-refractivity contribution in [2.45, 2.75) is 77.6 Å². The minimum Gasteiger partial charge on any atom is -0.498 e. The molecule has 1 fully saturated rings. The summed E-state index contributed by atoms with van der Waals surface area (Å²) in [5.74, 6) is 4.35. The van der Waals surface area contributed by atoms with Crippen LogP contribution in [0.4, 0.5) is 0 Å². The van der Waals surface area contributed by atoms with Gasteiger partial charge in [0.05, 0.1) is 25.4 Å². The van der Waals surface area contributed by atoms with Crippen LogP contribution in [0.25, 0.3) is 0 Å². The van der Waals surface area contributed by atoms with E-state index in [0.29, 0.717) is 25.4 Å². The van der Waals surface area contributed by atoms with E-state index < -0.39 is 0 Å². The van der Waals surface area contributed by atoms with Crippen LogP contribution < -0.4 is 0 Å². The van der Waals surface area contributed by atoms with Gasteiger partial charge in [-0.1, -0.05) is 32.6 Å². The molecule has 0 heterocycles. The van der Waals surface area contributed by atoms with Crippen LogP contribution in [-0.4, -0.2) is 24.9 Å². The molecule has 1 unspecified atom stereocenters. The van der Waals surface area contributed by atoms with Crippen LogP contribution in [-0.2, 0) is 14.3 Å². The van der Waals surface area contributed by atoms with Crippen LogP contribution in [0.1, 0.15) is 77.6 Å². The molecule has 0 saturated heterocycles. The highest BCUT2D eigenvalue weighted by molar-refractivity contribution is 7.80. The molecule has 2 aliphatic rings. The molecule has 0 aromatic heterocycles. The number of esters is 1. The first kappa shape index (κ1) is 20.7. The third-order valence-corrected chi connectivity index (χ3v) is 6.04. The molecule has 0 N–H and O–H groups in total. The van der Waals surface area contributed by atoms with Crippen LogP contribution in [0.2, 0.25) is 0 Å². The van der Waals surface area contributed by atoms with E-state index in [1.54, 1.807) is 0 Å². The fourth-order valence-electron chi connectivity index (χ4n) is 4.36. The zero-order chi connectivity index (χ0) is 17.9. The highest BCUT2D eigenvalue weighted by atomic mass is 32.1. The standard InChI is InChI=1S/C21H36O3S/c1-2-4-17-5-7-18(8-6-17)19-9-11-20(12-10-19)23-14-3-15-24-21(22)13-16-25/h11,17-19,25H,2-10,12-16H2,1H3. The van der Waals surface area contributed by atoms with Crippen molar-refractivity contribution in [2.75, 3.05) is 19.0 Å². The van der Waals surface area contributed by atoms with Gasteiger partial charge in [-0.25, -0.2) is 0 Å². The largest absolute Gasteiger partial charge is 0.498 e. The Bertz CT molecular complexity index is 413. The fourth-order valence-corrected chi connectivity index (χ4v) is 4.54. The monoisotopic (exact) mass is 368 g/mol. The van der Waals surface area contributed by atoms with E-state index in [2.05, 4.69) is 25.6 Å². The van der Waals surface area contributed by atoms with E-state index in [9.17, 15) is 4.79 Å². The van der Waals surface area contributed by atoms with Crippen molar-refractivity contribution in [2.24, 2.45) is 17.8 Å². The van der Waals surface area contributed by atoms with E-state index in [-0.39, 0.29) is 5.97 Å². The Morgan fingerprint density at radius 2 is 1.96 bits per heavy atom. The highest BCUT2D eigenvalue weighted by Gasteiger charge is 2.28. The molecule has 0 bridgehead atoms. The van der Waals surface area contributed by atoms with Crippen molar-refractivity contribution in [3.8, 4) is 0 Å². The molecule has 0 spiro atoms. The molecule has 25 heavy (non-hydrogen) atoms. The summed E-state index contributed by atoms with van der Waals surface area (Å²) < 4.78 is 11.0. The molecule has 2 rings (SSSR count). The molecule has 3 nitrogen and oxygen atoms in total. The molecule has 1 atom stereocenters. The maximum atomic E-state index is 11.2. The van der Waals surface area contributed by atoms with Crippen molar-refractivity contribution < 1.29 is 14.3 Å². The summed E-state index contributed by atoms with van der Waals surface area (Å²) in [6.45, 7) is 3.40. The normalized spacial score (nSPS) is 26.8. The second-order valence-electron chi connectivity index (χ2n) is 7.67. The second kappa shape index (κ2) is 11.9. The molecular weight excluding hydrogens is 332 g/mol. The lowest BCUT2D eigenvalue weighted by Crippen LogP contribution is -2.23. The van der Waals surface area contributed by atoms with Gasteiger partial charge < -0.3 is 9.47 Å². The number of thiol groups is 1. The number of rotatable bonds is 10. The summed E-state index contributed by atoms with van der Waals surface area (Å²) in [7, 11) is 0. The molecule has 0 aromatic rings. The molecule has 0 amide bonds. The Morgan fingerprint density at radius 1 is 1.16 bits per heavy atom. The molecule has 0 aromatic carbocycles. The van der Waals surface area contributed by atoms with Gasteiger partial charge in [0.2, 0.25) is 0 Å². The Hall–Kier alpha value is -0.640. The molecule has 0 radical (unpaired) electrons. The fraction of sp³-hybridized carbons (Fsp3) is 0.857. The second-order valence-corrected chi connectivity index (χ2v) is 8.12. The minimum atomic E-state index is -0.164. The summed E-state index contributed by atoms with van der Waals surface area (Å²) in [6.07, 6.45) is 15.6. The molecule has 0 aliphatic heterocycles. The predicted octanol–water partition coefficient (Wildman–Crippen LogP) is 5.55. The van der Waals surface area contributed by atoms with Crippen LogP contribution >= 0.6 is 12.6 Å². The van der Waals surface area contributed by atoms with Crippen LogP contribution in [0.3, 0.4) is 0 Å². The van der Waals surface area contributed by atoms with E-state index in [4.69, 9.17) is 9.47 Å². The number of ether oxygens (including phenoxy) is 2. The summed E-state index contributed by atoms with van der Waals surface area (Å²) >= 11 is 4.02.